The highest BCUT2D eigenvalue weighted by Crippen LogP contribution is 2.36. The van der Waals surface area contributed by atoms with Crippen LogP contribution >= 0.6 is 11.3 Å². The Morgan fingerprint density at radius 2 is 1.68 bits per heavy atom. The van der Waals surface area contributed by atoms with Crippen molar-refractivity contribution in [2.75, 3.05) is 13.2 Å². The van der Waals surface area contributed by atoms with E-state index < -0.39 is 14.7 Å². The van der Waals surface area contributed by atoms with Gasteiger partial charge in [-0.2, -0.15) is 0 Å². The summed E-state index contributed by atoms with van der Waals surface area (Å²) in [6.45, 7) is 14.5. The van der Waals surface area contributed by atoms with Gasteiger partial charge in [0, 0.05) is 10.9 Å². The van der Waals surface area contributed by atoms with Crippen molar-refractivity contribution in [1.29, 1.82) is 0 Å². The molecule has 2 aromatic heterocycles. The number of thiazole rings is 1. The minimum Gasteiger partial charge on any atom is -0.491 e. The van der Waals surface area contributed by atoms with E-state index in [0.717, 1.165) is 17.1 Å². The van der Waals surface area contributed by atoms with Gasteiger partial charge in [0.15, 0.2) is 13.3 Å². The summed E-state index contributed by atoms with van der Waals surface area (Å²) in [5.41, 5.74) is 2.30. The number of aryl methyl sites for hydroxylation is 1. The van der Waals surface area contributed by atoms with Crippen LogP contribution in [0, 0.1) is 6.92 Å². The molecular weight excluding hydrogens is 557 g/mol. The number of nitrogens with zero attached hydrogens (tertiary/aromatic N) is 4. The highest BCUT2D eigenvalue weighted by Gasteiger charge is 2.37. The van der Waals surface area contributed by atoms with Crippen LogP contribution < -0.4 is 9.47 Å². The molecule has 0 bridgehead atoms. The summed E-state index contributed by atoms with van der Waals surface area (Å²) >= 11 is 1.37. The van der Waals surface area contributed by atoms with Crippen LogP contribution in [0.15, 0.2) is 53.9 Å². The smallest absolute Gasteiger partial charge is 0.491 e. The normalized spacial score (nSPS) is 12.5. The third kappa shape index (κ3) is 7.70. The molecule has 40 heavy (non-hydrogen) atoms. The molecule has 12 heteroatoms. The molecule has 0 spiro atoms. The van der Waals surface area contributed by atoms with Crippen molar-refractivity contribution in [3.05, 3.63) is 65.3 Å². The Labute approximate surface area is 237 Å². The van der Waals surface area contributed by atoms with Crippen LogP contribution in [0.25, 0.3) is 22.1 Å². The Bertz CT molecular complexity index is 1430. The summed E-state index contributed by atoms with van der Waals surface area (Å²) in [5.74, 6) is 1.71. The fraction of sp³-hybridized carbons (Fsp3) is 0.393. The van der Waals surface area contributed by atoms with Crippen molar-refractivity contribution in [2.24, 2.45) is 0 Å². The molecule has 0 radical (unpaired) electrons. The average Bonchev–Trinajstić information content (AvgIpc) is 3.48. The summed E-state index contributed by atoms with van der Waals surface area (Å²) in [6.07, 6.45) is -4.73. The molecule has 0 unspecified atom stereocenters. The lowest BCUT2D eigenvalue weighted by Gasteiger charge is -2.36. The predicted octanol–water partition coefficient (Wildman–Crippen LogP) is 7.72. The van der Waals surface area contributed by atoms with E-state index in [1.54, 1.807) is 4.68 Å². The van der Waals surface area contributed by atoms with Gasteiger partial charge in [0.2, 0.25) is 5.82 Å². The number of hydrogen-bond acceptors (Lipinski definition) is 7. The molecule has 0 amide bonds. The molecule has 0 aliphatic rings. The van der Waals surface area contributed by atoms with E-state index in [0.29, 0.717) is 41.8 Å². The van der Waals surface area contributed by atoms with E-state index in [4.69, 9.17) is 9.16 Å². The van der Waals surface area contributed by atoms with Gasteiger partial charge < -0.3 is 13.9 Å². The zero-order valence-electron chi connectivity index (χ0n) is 23.4. The van der Waals surface area contributed by atoms with Crippen molar-refractivity contribution < 1.29 is 27.1 Å². The first-order valence-electron chi connectivity index (χ1n) is 12.8. The van der Waals surface area contributed by atoms with Gasteiger partial charge in [0.25, 0.3) is 0 Å². The lowest BCUT2D eigenvalue weighted by atomic mass is 10.2. The Morgan fingerprint density at radius 1 is 0.950 bits per heavy atom. The van der Waals surface area contributed by atoms with E-state index >= 15 is 0 Å². The predicted molar refractivity (Wildman–Crippen MR) is 152 cm³/mol. The number of benzene rings is 2. The Morgan fingerprint density at radius 3 is 2.35 bits per heavy atom. The summed E-state index contributed by atoms with van der Waals surface area (Å²) in [5, 5.41) is 7.24. The van der Waals surface area contributed by atoms with Crippen LogP contribution in [0.1, 0.15) is 32.2 Å². The van der Waals surface area contributed by atoms with Crippen LogP contribution in [-0.2, 0) is 11.0 Å². The number of halogens is 3. The van der Waals surface area contributed by atoms with Crippen molar-refractivity contribution in [2.45, 2.75) is 58.7 Å². The standard InChI is InChI=1S/C28H33F3N4O3SSi/c1-19-32-25(26-33-24(18-39-26)21-10-12-22(13-11-21)38-28(29,30)31)34-35(19)17-20-8-7-9-23(16-20)36-14-15-37-40(5,6)27(2,3)4/h7-13,16,18H,14-15,17H2,1-6H3. The van der Waals surface area contributed by atoms with Gasteiger partial charge in [-0.3, -0.25) is 0 Å². The second kappa shape index (κ2) is 11.7. The number of hydrogen-bond donors (Lipinski definition) is 0. The van der Waals surface area contributed by atoms with Crippen LogP contribution in [0.2, 0.25) is 18.1 Å². The fourth-order valence-corrected chi connectivity index (χ4v) is 5.36. The maximum absolute atomic E-state index is 12.4. The van der Waals surface area contributed by atoms with Crippen LogP contribution in [-0.4, -0.2) is 47.6 Å². The van der Waals surface area contributed by atoms with Gasteiger partial charge in [-0.1, -0.05) is 32.9 Å². The maximum Gasteiger partial charge on any atom is 0.573 e. The summed E-state index contributed by atoms with van der Waals surface area (Å²) < 4.78 is 55.1. The minimum absolute atomic E-state index is 0.155. The third-order valence-corrected chi connectivity index (χ3v) is 12.2. The van der Waals surface area contributed by atoms with Crippen molar-refractivity contribution >= 4 is 19.7 Å². The second-order valence-electron chi connectivity index (χ2n) is 10.9. The van der Waals surface area contributed by atoms with E-state index in [1.807, 2.05) is 36.6 Å². The minimum atomic E-state index is -4.73. The molecule has 2 aromatic carbocycles. The molecule has 214 valence electrons. The van der Waals surface area contributed by atoms with E-state index in [9.17, 15) is 13.2 Å². The largest absolute Gasteiger partial charge is 0.573 e. The number of alkyl halides is 3. The maximum atomic E-state index is 12.4. The molecule has 2 heterocycles. The number of ether oxygens (including phenoxy) is 2. The van der Waals surface area contributed by atoms with Gasteiger partial charge in [0.1, 0.15) is 23.9 Å². The molecule has 0 aliphatic carbocycles. The lowest BCUT2D eigenvalue weighted by molar-refractivity contribution is -0.274. The average molecular weight is 591 g/mol. The van der Waals surface area contributed by atoms with E-state index in [-0.39, 0.29) is 10.8 Å². The highest BCUT2D eigenvalue weighted by atomic mass is 32.1. The molecule has 0 N–H and O–H groups in total. The third-order valence-electron chi connectivity index (χ3n) is 6.79. The summed E-state index contributed by atoms with van der Waals surface area (Å²) in [7, 11) is -1.81. The quantitative estimate of drug-likeness (QED) is 0.139. The highest BCUT2D eigenvalue weighted by molar-refractivity contribution is 7.13. The first-order chi connectivity index (χ1) is 18.7. The van der Waals surface area contributed by atoms with Gasteiger partial charge >= 0.3 is 6.36 Å². The molecule has 0 saturated carbocycles. The molecule has 0 saturated heterocycles. The zero-order valence-corrected chi connectivity index (χ0v) is 25.2. The molecule has 4 aromatic rings. The van der Waals surface area contributed by atoms with E-state index in [2.05, 4.69) is 53.7 Å². The fourth-order valence-electron chi connectivity index (χ4n) is 3.58. The number of aromatic nitrogens is 4. The second-order valence-corrected chi connectivity index (χ2v) is 16.5. The summed E-state index contributed by atoms with van der Waals surface area (Å²) in [6, 6.07) is 13.5. The van der Waals surface area contributed by atoms with Gasteiger partial charge in [-0.05, 0) is 67.0 Å². The first-order valence-corrected chi connectivity index (χ1v) is 16.6. The molecule has 0 fully saturated rings. The Balaban J connectivity index is 1.38. The molecule has 4 rings (SSSR count). The molecule has 0 aliphatic heterocycles. The lowest BCUT2D eigenvalue weighted by Crippen LogP contribution is -2.41. The van der Waals surface area contributed by atoms with Gasteiger partial charge in [-0.25, -0.2) is 14.6 Å². The summed E-state index contributed by atoms with van der Waals surface area (Å²) in [4.78, 5) is 9.17. The van der Waals surface area contributed by atoms with Crippen LogP contribution in [0.4, 0.5) is 13.2 Å². The van der Waals surface area contributed by atoms with Crippen molar-refractivity contribution in [3.8, 4) is 33.6 Å². The topological polar surface area (TPSA) is 71.3 Å². The number of rotatable bonds is 10. The van der Waals surface area contributed by atoms with Crippen LogP contribution in [0.5, 0.6) is 11.5 Å². The SMILES string of the molecule is Cc1nc(-c2nc(-c3ccc(OC(F)(F)F)cc3)cs2)nn1Cc1cccc(OCCO[Si](C)(C)C(C)(C)C)c1. The van der Waals surface area contributed by atoms with Crippen molar-refractivity contribution in [3.63, 3.8) is 0 Å². The van der Waals surface area contributed by atoms with Gasteiger partial charge in [-0.15, -0.1) is 29.6 Å². The van der Waals surface area contributed by atoms with Crippen molar-refractivity contribution in [1.82, 2.24) is 19.7 Å². The van der Waals surface area contributed by atoms with Crippen LogP contribution in [0.3, 0.4) is 0 Å². The molecular formula is C28H33F3N4O3SSi. The Hall–Kier alpha value is -3.22. The Kier molecular flexibility index (Phi) is 8.71. The van der Waals surface area contributed by atoms with E-state index in [1.165, 1.54) is 35.6 Å². The molecule has 7 nitrogen and oxygen atoms in total. The first kappa shape index (κ1) is 29.8. The zero-order chi connectivity index (χ0) is 29.1. The molecule has 0 atom stereocenters. The van der Waals surface area contributed by atoms with Gasteiger partial charge in [0.05, 0.1) is 18.8 Å². The monoisotopic (exact) mass is 590 g/mol.